The normalized spacial score (nSPS) is 13.3. The number of aryl methyl sites for hydroxylation is 2. The van der Waals surface area contributed by atoms with Gasteiger partial charge in [-0.15, -0.1) is 0 Å². The lowest BCUT2D eigenvalue weighted by Gasteiger charge is -2.28. The summed E-state index contributed by atoms with van der Waals surface area (Å²) in [5, 5.41) is 0. The molecule has 3 aromatic carbocycles. The first-order valence-electron chi connectivity index (χ1n) is 14.6. The van der Waals surface area contributed by atoms with Crippen molar-refractivity contribution >= 4 is 7.25 Å². The first-order valence-corrected chi connectivity index (χ1v) is 14.6. The fourth-order valence-corrected chi connectivity index (χ4v) is 6.47. The number of rotatable bonds is 7. The Kier molecular flexibility index (Phi) is 8.73. The van der Waals surface area contributed by atoms with Crippen molar-refractivity contribution in [3.05, 3.63) is 101 Å². The van der Waals surface area contributed by atoms with Gasteiger partial charge in [0.2, 0.25) is 11.4 Å². The highest BCUT2D eigenvalue weighted by molar-refractivity contribution is 6.50. The van der Waals surface area contributed by atoms with Crippen LogP contribution in [-0.4, -0.2) is 7.25 Å². The molecule has 0 saturated carbocycles. The first-order chi connectivity index (χ1) is 19.4. The maximum absolute atomic E-state index is 9.75. The average molecular weight is 545 g/mol. The topological polar surface area (TPSA) is 3.88 Å². The maximum atomic E-state index is 9.75. The molecular formula is C34H36BF4N. The number of fused-ring (bicyclic) bond motifs is 6. The molecule has 0 saturated heterocycles. The Bertz CT molecular complexity index is 1380. The molecule has 0 fully saturated rings. The van der Waals surface area contributed by atoms with Gasteiger partial charge in [-0.05, 0) is 60.9 Å². The van der Waals surface area contributed by atoms with Crippen LogP contribution in [0.1, 0.15) is 61.3 Å². The molecule has 0 aliphatic heterocycles. The Morgan fingerprint density at radius 1 is 0.600 bits per heavy atom. The number of aromatic nitrogens is 1. The highest BCUT2D eigenvalue weighted by Crippen LogP contribution is 2.44. The average Bonchev–Trinajstić information content (AvgIpc) is 2.95. The molecule has 0 atom stereocenters. The van der Waals surface area contributed by atoms with Crippen LogP contribution >= 0.6 is 0 Å². The molecule has 0 spiro atoms. The molecule has 1 nitrogen and oxygen atoms in total. The standard InChI is InChI=1S/C34H36N.BF4/c1-2-3-4-5-13-24-35-33-28-18-11-9-14-25(28)20-22-30(33)32(27-16-7-6-8-17-27)31-23-21-26-15-10-12-19-29(26)34(31)35;2-1(3,4)5/h6-12,14-19H,2-5,13,20-24H2,1H3;/q+1;-1. The Morgan fingerprint density at radius 3 is 1.60 bits per heavy atom. The fraction of sp³-hybridized carbons (Fsp3) is 0.324. The van der Waals surface area contributed by atoms with E-state index in [0.29, 0.717) is 0 Å². The highest BCUT2D eigenvalue weighted by atomic mass is 19.5. The molecule has 2 aliphatic carbocycles. The molecule has 0 radical (unpaired) electrons. The Morgan fingerprint density at radius 2 is 1.07 bits per heavy atom. The van der Waals surface area contributed by atoms with E-state index in [9.17, 15) is 17.3 Å². The van der Waals surface area contributed by atoms with E-state index < -0.39 is 7.25 Å². The van der Waals surface area contributed by atoms with E-state index in [2.05, 4.69) is 90.4 Å². The van der Waals surface area contributed by atoms with Crippen LogP contribution in [0.2, 0.25) is 0 Å². The van der Waals surface area contributed by atoms with Gasteiger partial charge in [0.1, 0.15) is 6.54 Å². The molecule has 6 rings (SSSR count). The molecule has 40 heavy (non-hydrogen) atoms. The second-order valence-electron chi connectivity index (χ2n) is 10.8. The highest BCUT2D eigenvalue weighted by Gasteiger charge is 2.37. The van der Waals surface area contributed by atoms with Crippen LogP contribution in [0.4, 0.5) is 17.3 Å². The van der Waals surface area contributed by atoms with Gasteiger partial charge in [-0.3, -0.25) is 0 Å². The predicted molar refractivity (Wildman–Crippen MR) is 157 cm³/mol. The number of hydrogen-bond acceptors (Lipinski definition) is 0. The smallest absolute Gasteiger partial charge is 0.418 e. The van der Waals surface area contributed by atoms with Gasteiger partial charge in [0.15, 0.2) is 0 Å². The number of halogens is 4. The van der Waals surface area contributed by atoms with Crippen molar-refractivity contribution in [1.82, 2.24) is 0 Å². The Hall–Kier alpha value is -3.41. The third-order valence-corrected chi connectivity index (χ3v) is 8.10. The summed E-state index contributed by atoms with van der Waals surface area (Å²) < 4.78 is 41.7. The summed E-state index contributed by atoms with van der Waals surface area (Å²) in [6.45, 7) is 3.41. The van der Waals surface area contributed by atoms with Crippen LogP contribution in [0.15, 0.2) is 78.9 Å². The van der Waals surface area contributed by atoms with Crippen LogP contribution in [0.3, 0.4) is 0 Å². The van der Waals surface area contributed by atoms with Gasteiger partial charge in [-0.2, -0.15) is 4.57 Å². The Labute approximate surface area is 235 Å². The van der Waals surface area contributed by atoms with E-state index in [1.54, 1.807) is 11.1 Å². The van der Waals surface area contributed by atoms with Crippen molar-refractivity contribution in [3.8, 4) is 33.6 Å². The zero-order valence-electron chi connectivity index (χ0n) is 23.1. The largest absolute Gasteiger partial charge is 0.673 e. The van der Waals surface area contributed by atoms with E-state index in [1.165, 1.54) is 76.9 Å². The summed E-state index contributed by atoms with van der Waals surface area (Å²) in [6.07, 6.45) is 11.1. The maximum Gasteiger partial charge on any atom is 0.673 e. The third kappa shape index (κ3) is 6.16. The molecule has 0 N–H and O–H groups in total. The molecular weight excluding hydrogens is 509 g/mol. The summed E-state index contributed by atoms with van der Waals surface area (Å²) in [4.78, 5) is 0. The SMILES string of the molecule is CCCCCCC[n+]1c2c(c(-c3ccccc3)c3c1-c1ccccc1CC3)CCc1ccccc1-2.F[B-](F)(F)F. The minimum atomic E-state index is -6.00. The summed E-state index contributed by atoms with van der Waals surface area (Å²) in [5.41, 5.74) is 14.9. The van der Waals surface area contributed by atoms with Crippen molar-refractivity contribution in [2.75, 3.05) is 0 Å². The van der Waals surface area contributed by atoms with E-state index in [0.717, 1.165) is 32.2 Å². The van der Waals surface area contributed by atoms with Gasteiger partial charge in [-0.25, -0.2) is 0 Å². The Balaban J connectivity index is 0.000000595. The van der Waals surface area contributed by atoms with Crippen LogP contribution in [0.5, 0.6) is 0 Å². The number of hydrogen-bond donors (Lipinski definition) is 0. The minimum absolute atomic E-state index is 1.10. The second kappa shape index (κ2) is 12.4. The van der Waals surface area contributed by atoms with E-state index in [-0.39, 0.29) is 0 Å². The van der Waals surface area contributed by atoms with Crippen molar-refractivity contribution < 1.29 is 21.8 Å². The molecule has 208 valence electrons. The predicted octanol–water partition coefficient (Wildman–Crippen LogP) is 9.44. The minimum Gasteiger partial charge on any atom is -0.418 e. The lowest BCUT2D eigenvalue weighted by molar-refractivity contribution is -0.676. The van der Waals surface area contributed by atoms with Crippen LogP contribution in [0.25, 0.3) is 33.6 Å². The molecule has 2 aliphatic rings. The van der Waals surface area contributed by atoms with E-state index in [4.69, 9.17) is 0 Å². The van der Waals surface area contributed by atoms with Gasteiger partial charge < -0.3 is 17.3 Å². The number of benzene rings is 3. The summed E-state index contributed by atoms with van der Waals surface area (Å²) >= 11 is 0. The van der Waals surface area contributed by atoms with Gasteiger partial charge in [0, 0.05) is 34.2 Å². The second-order valence-corrected chi connectivity index (χ2v) is 10.8. The van der Waals surface area contributed by atoms with Crippen molar-refractivity contribution in [1.29, 1.82) is 0 Å². The third-order valence-electron chi connectivity index (χ3n) is 8.10. The molecule has 0 amide bonds. The van der Waals surface area contributed by atoms with Gasteiger partial charge in [0.05, 0.1) is 0 Å². The van der Waals surface area contributed by atoms with Crippen molar-refractivity contribution in [3.63, 3.8) is 0 Å². The van der Waals surface area contributed by atoms with Gasteiger partial charge in [-0.1, -0.05) is 92.9 Å². The van der Waals surface area contributed by atoms with Crippen LogP contribution in [-0.2, 0) is 32.2 Å². The molecule has 0 bridgehead atoms. The molecule has 1 aromatic heterocycles. The zero-order valence-corrected chi connectivity index (χ0v) is 23.1. The molecule has 6 heteroatoms. The first kappa shape index (κ1) is 28.1. The van der Waals surface area contributed by atoms with Crippen LogP contribution in [0, 0.1) is 0 Å². The molecule has 4 aromatic rings. The number of pyridine rings is 1. The van der Waals surface area contributed by atoms with Gasteiger partial charge >= 0.3 is 7.25 Å². The van der Waals surface area contributed by atoms with Crippen molar-refractivity contribution in [2.45, 2.75) is 71.3 Å². The number of nitrogens with zero attached hydrogens (tertiary/aromatic N) is 1. The fourth-order valence-electron chi connectivity index (χ4n) is 6.47. The van der Waals surface area contributed by atoms with E-state index in [1.807, 2.05) is 0 Å². The number of unbranched alkanes of at least 4 members (excludes halogenated alkanes) is 4. The van der Waals surface area contributed by atoms with Gasteiger partial charge in [0.25, 0.3) is 0 Å². The summed E-state index contributed by atoms with van der Waals surface area (Å²) in [7, 11) is -6.00. The molecule has 1 heterocycles. The monoisotopic (exact) mass is 545 g/mol. The molecule has 0 unspecified atom stereocenters. The van der Waals surface area contributed by atoms with Crippen molar-refractivity contribution in [2.24, 2.45) is 0 Å². The lowest BCUT2D eigenvalue weighted by atomic mass is 9.77. The quantitative estimate of drug-likeness (QED) is 0.0943. The lowest BCUT2D eigenvalue weighted by Crippen LogP contribution is -2.43. The summed E-state index contributed by atoms with van der Waals surface area (Å²) in [6, 6.07) is 29.5. The summed E-state index contributed by atoms with van der Waals surface area (Å²) in [5.74, 6) is 0. The van der Waals surface area contributed by atoms with E-state index >= 15 is 0 Å². The zero-order chi connectivity index (χ0) is 28.1. The van der Waals surface area contributed by atoms with Crippen LogP contribution < -0.4 is 4.57 Å².